The van der Waals surface area contributed by atoms with Crippen molar-refractivity contribution in [2.75, 3.05) is 13.1 Å². The fourth-order valence-corrected chi connectivity index (χ4v) is 13.4. The number of carbonyl (C=O) groups is 1. The van der Waals surface area contributed by atoms with Crippen LogP contribution in [0.25, 0.3) is 0 Å². The van der Waals surface area contributed by atoms with Crippen LogP contribution >= 0.6 is 20.8 Å². The van der Waals surface area contributed by atoms with Crippen molar-refractivity contribution in [2.45, 2.75) is 18.5 Å². The van der Waals surface area contributed by atoms with Crippen molar-refractivity contribution in [3.05, 3.63) is 91.0 Å². The average Bonchev–Trinajstić information content (AvgIpc) is 3.20. The van der Waals surface area contributed by atoms with Crippen LogP contribution in [-0.4, -0.2) is 29.6 Å². The van der Waals surface area contributed by atoms with E-state index in [9.17, 15) is 4.79 Å². The van der Waals surface area contributed by atoms with E-state index in [0.29, 0.717) is 19.5 Å². The summed E-state index contributed by atoms with van der Waals surface area (Å²) < 4.78 is 0. The predicted octanol–water partition coefficient (Wildman–Crippen LogP) is 4.34. The van der Waals surface area contributed by atoms with Crippen LogP contribution in [0.15, 0.2) is 91.0 Å². The number of hydrogen-bond donors (Lipinski definition) is 0. The molecule has 152 valence electrons. The first-order chi connectivity index (χ1) is 14.6. The van der Waals surface area contributed by atoms with E-state index in [4.69, 9.17) is 5.26 Å². The van der Waals surface area contributed by atoms with Crippen LogP contribution in [0.3, 0.4) is 0 Å². The zero-order valence-electron chi connectivity index (χ0n) is 16.7. The Labute approximate surface area is 186 Å². The second-order valence-electron chi connectivity index (χ2n) is 7.62. The van der Waals surface area contributed by atoms with Gasteiger partial charge in [0.05, 0.1) is 0 Å². The van der Waals surface area contributed by atoms with E-state index < -0.39 is 5.31 Å². The fourth-order valence-electron chi connectivity index (χ4n) is 4.72. The molecule has 3 aromatic rings. The number of amides is 1. The van der Waals surface area contributed by atoms with Crippen LogP contribution in [0.2, 0.25) is 0 Å². The summed E-state index contributed by atoms with van der Waals surface area (Å²) in [7, 11) is 0. The van der Waals surface area contributed by atoms with E-state index in [1.54, 1.807) is 0 Å². The first-order valence-electron chi connectivity index (χ1n) is 10.2. The number of rotatable bonds is 6. The molecule has 1 aliphatic heterocycles. The van der Waals surface area contributed by atoms with Crippen LogP contribution in [0.1, 0.15) is 12.8 Å². The van der Waals surface area contributed by atoms with Crippen molar-refractivity contribution >= 4 is 42.6 Å². The summed E-state index contributed by atoms with van der Waals surface area (Å²) in [6.45, 7) is 1.17. The molecule has 0 saturated carbocycles. The molecule has 1 saturated heterocycles. The summed E-state index contributed by atoms with van der Waals surface area (Å²) in [4.78, 5) is 15.7. The summed E-state index contributed by atoms with van der Waals surface area (Å²) in [6.07, 6.45) is 1.12. The second kappa shape index (κ2) is 8.34. The number of hydrogen-bond acceptors (Lipinski definition) is 2. The molecule has 0 bridgehead atoms. The molecule has 1 unspecified atom stereocenters. The van der Waals surface area contributed by atoms with Gasteiger partial charge in [-0.3, -0.25) is 0 Å². The van der Waals surface area contributed by atoms with E-state index in [2.05, 4.69) is 94.4 Å². The van der Waals surface area contributed by atoms with Gasteiger partial charge in [0.1, 0.15) is 0 Å². The molecule has 0 radical (unpaired) electrons. The molecule has 1 amide bonds. The molecule has 0 aliphatic carbocycles. The Morgan fingerprint density at radius 2 is 1.30 bits per heavy atom. The average molecular weight is 479 g/mol. The van der Waals surface area contributed by atoms with Crippen molar-refractivity contribution in [1.29, 1.82) is 5.26 Å². The molecule has 1 heterocycles. The van der Waals surface area contributed by atoms with Gasteiger partial charge in [-0.1, -0.05) is 0 Å². The molecule has 4 rings (SSSR count). The fraction of sp³-hybridized carbons (Fsp3) is 0.200. The molecule has 1 aliphatic rings. The molecule has 1 fully saturated rings. The van der Waals surface area contributed by atoms with Gasteiger partial charge in [0.25, 0.3) is 0 Å². The van der Waals surface area contributed by atoms with Crippen LogP contribution < -0.4 is 15.9 Å². The van der Waals surface area contributed by atoms with Gasteiger partial charge in [-0.05, 0) is 0 Å². The van der Waals surface area contributed by atoms with Gasteiger partial charge in [-0.15, -0.1) is 0 Å². The van der Waals surface area contributed by atoms with Gasteiger partial charge < -0.3 is 0 Å². The number of nitriles is 1. The molecule has 0 N–H and O–H groups in total. The third kappa shape index (κ3) is 3.09. The van der Waals surface area contributed by atoms with Gasteiger partial charge in [-0.25, -0.2) is 0 Å². The zero-order chi connectivity index (χ0) is 21.1. The van der Waals surface area contributed by atoms with Crippen molar-refractivity contribution in [3.63, 3.8) is 0 Å². The van der Waals surface area contributed by atoms with E-state index in [0.717, 1.165) is 22.3 Å². The van der Waals surface area contributed by atoms with Gasteiger partial charge in [0, 0.05) is 0 Å². The Morgan fingerprint density at radius 1 is 0.867 bits per heavy atom. The van der Waals surface area contributed by atoms with E-state index in [-0.39, 0.29) is 11.6 Å². The predicted molar refractivity (Wildman–Crippen MR) is 129 cm³/mol. The zero-order valence-corrected chi connectivity index (χ0v) is 19.2. The third-order valence-electron chi connectivity index (χ3n) is 6.13. The summed E-state index contributed by atoms with van der Waals surface area (Å²) >= 11 is 4.40. The van der Waals surface area contributed by atoms with Crippen LogP contribution in [0.5, 0.6) is 0 Å². The van der Waals surface area contributed by atoms with Crippen LogP contribution in [-0.2, 0) is 4.79 Å². The summed E-state index contributed by atoms with van der Waals surface area (Å²) in [5, 5.41) is 9.18. The van der Waals surface area contributed by atoms with Crippen molar-refractivity contribution < 1.29 is 4.79 Å². The number of nitrogens with zero attached hydrogens (tertiary/aromatic N) is 2. The van der Waals surface area contributed by atoms with Crippen molar-refractivity contribution in [2.24, 2.45) is 0 Å². The number of benzene rings is 3. The first-order valence-corrected chi connectivity index (χ1v) is 14.5. The first kappa shape index (κ1) is 20.8. The molecule has 1 atom stereocenters. The Balaban J connectivity index is 2.03. The number of likely N-dealkylation sites (tertiary alicyclic amines) is 1. The topological polar surface area (TPSA) is 44.1 Å². The maximum atomic E-state index is 13.8. The van der Waals surface area contributed by atoms with Crippen molar-refractivity contribution in [1.82, 2.24) is 4.90 Å². The third-order valence-corrected chi connectivity index (χ3v) is 16.9. The Bertz CT molecular complexity index is 967. The van der Waals surface area contributed by atoms with Crippen LogP contribution in [0, 0.1) is 11.3 Å². The number of carbonyl (C=O) groups excluding carboxylic acids is 1. The minimum atomic E-state index is -3.32. The number of halogens is 1. The van der Waals surface area contributed by atoms with E-state index in [1.165, 1.54) is 0 Å². The van der Waals surface area contributed by atoms with Crippen LogP contribution in [0.4, 0.5) is 0 Å². The molecule has 30 heavy (non-hydrogen) atoms. The molecule has 5 heteroatoms. The quantitative estimate of drug-likeness (QED) is 0.494. The van der Waals surface area contributed by atoms with Gasteiger partial charge >= 0.3 is 186 Å². The minimum absolute atomic E-state index is 0.136. The summed E-state index contributed by atoms with van der Waals surface area (Å²) in [6, 6.07) is 33.4. The standard InChI is InChI=1S/C25H24BrN2OP/c26-30(21-11-4-1-5-12-21,22-13-6-2-7-14-22,23-15-8-3-9-16-23)24-17-20-28(25(24)29)19-10-18-27/h1-9,11-16,24H,10,17,19-20H2. The summed E-state index contributed by atoms with van der Waals surface area (Å²) in [5.41, 5.74) is -0.220. The molecule has 0 spiro atoms. The monoisotopic (exact) mass is 478 g/mol. The molecular formula is C25H24BrN2OP. The van der Waals surface area contributed by atoms with E-state index in [1.807, 2.05) is 23.1 Å². The molecule has 3 aromatic carbocycles. The molecular weight excluding hydrogens is 455 g/mol. The Kier molecular flexibility index (Phi) is 5.78. The molecule has 3 nitrogen and oxygen atoms in total. The van der Waals surface area contributed by atoms with Gasteiger partial charge in [0.15, 0.2) is 0 Å². The van der Waals surface area contributed by atoms with Crippen molar-refractivity contribution in [3.8, 4) is 6.07 Å². The maximum absolute atomic E-state index is 13.8. The Hall–Kier alpha value is -2.47. The normalized spacial score (nSPS) is 17.9. The van der Waals surface area contributed by atoms with E-state index >= 15 is 0 Å². The Morgan fingerprint density at radius 3 is 1.70 bits per heavy atom. The SMILES string of the molecule is N#CCCN1CCC(P(Br)(c2ccccc2)(c2ccccc2)c2ccccc2)C1=O. The van der Waals surface area contributed by atoms with Gasteiger partial charge in [0.2, 0.25) is 0 Å². The second-order valence-corrected chi connectivity index (χ2v) is 16.4. The summed E-state index contributed by atoms with van der Waals surface area (Å²) in [5.74, 6) is 0.136. The molecule has 0 aromatic heterocycles. The van der Waals surface area contributed by atoms with Gasteiger partial charge in [-0.2, -0.15) is 0 Å².